The number of carbonyl (C=O) groups excluding carboxylic acids is 4. The van der Waals surface area contributed by atoms with Crippen LogP contribution in [0.2, 0.25) is 0 Å². The van der Waals surface area contributed by atoms with Crippen LogP contribution in [0, 0.1) is 17.8 Å². The number of benzene rings is 1. The van der Waals surface area contributed by atoms with Crippen molar-refractivity contribution in [1.29, 1.82) is 0 Å². The summed E-state index contributed by atoms with van der Waals surface area (Å²) < 4.78 is 55.3. The first kappa shape index (κ1) is 27.7. The third-order valence-corrected chi connectivity index (χ3v) is 8.02. The Labute approximate surface area is 227 Å². The van der Waals surface area contributed by atoms with Gasteiger partial charge in [-0.2, -0.15) is 0 Å². The molecule has 1 aromatic heterocycles. The topological polar surface area (TPSA) is 117 Å². The highest BCUT2D eigenvalue weighted by Crippen LogP contribution is 2.65. The number of hydrogen-bond donors (Lipinski definition) is 3. The highest BCUT2D eigenvalue weighted by Gasteiger charge is 2.72. The van der Waals surface area contributed by atoms with Crippen molar-refractivity contribution in [3.05, 3.63) is 66.0 Å². The molecule has 2 aromatic rings. The van der Waals surface area contributed by atoms with Gasteiger partial charge in [-0.15, -0.1) is 0 Å². The second kappa shape index (κ2) is 10.3. The largest absolute Gasteiger partial charge is 0.344 e. The van der Waals surface area contributed by atoms with Gasteiger partial charge in [0.15, 0.2) is 0 Å². The van der Waals surface area contributed by atoms with E-state index in [0.717, 1.165) is 0 Å². The van der Waals surface area contributed by atoms with Crippen molar-refractivity contribution in [3.8, 4) is 0 Å². The average Bonchev–Trinajstić information content (AvgIpc) is 3.21. The summed E-state index contributed by atoms with van der Waals surface area (Å²) in [4.78, 5) is 56.2. The monoisotopic (exact) mass is 560 g/mol. The number of nitrogens with zero attached hydrogens (tertiary/aromatic N) is 1. The highest BCUT2D eigenvalue weighted by molar-refractivity contribution is 6.38. The molecule has 3 fully saturated rings. The van der Waals surface area contributed by atoms with Crippen LogP contribution in [-0.4, -0.2) is 51.9 Å². The summed E-state index contributed by atoms with van der Waals surface area (Å²) in [5.74, 6) is -12.5. The molecule has 12 heteroatoms. The zero-order valence-electron chi connectivity index (χ0n) is 21.3. The molecule has 0 aliphatic heterocycles. The van der Waals surface area contributed by atoms with Gasteiger partial charge >= 0.3 is 0 Å². The van der Waals surface area contributed by atoms with Gasteiger partial charge < -0.3 is 16.0 Å². The Morgan fingerprint density at radius 3 is 2.17 bits per heavy atom. The molecule has 0 radical (unpaired) electrons. The maximum Gasteiger partial charge on any atom is 0.289 e. The van der Waals surface area contributed by atoms with E-state index in [1.807, 2.05) is 0 Å². The van der Waals surface area contributed by atoms with Crippen LogP contribution < -0.4 is 16.0 Å². The van der Waals surface area contributed by atoms with Gasteiger partial charge in [-0.05, 0) is 30.5 Å². The summed E-state index contributed by atoms with van der Waals surface area (Å²) in [6.45, 7) is -0.0495. The van der Waals surface area contributed by atoms with Gasteiger partial charge in [-0.3, -0.25) is 24.2 Å². The third kappa shape index (κ3) is 5.57. The molecule has 3 aliphatic rings. The summed E-state index contributed by atoms with van der Waals surface area (Å²) in [6, 6.07) is 12.1. The van der Waals surface area contributed by atoms with Gasteiger partial charge in [0.2, 0.25) is 17.6 Å². The first-order chi connectivity index (χ1) is 18.9. The summed E-state index contributed by atoms with van der Waals surface area (Å²) in [5.41, 5.74) is -0.940. The van der Waals surface area contributed by atoms with E-state index < -0.39 is 77.5 Å². The molecule has 0 spiro atoms. The van der Waals surface area contributed by atoms with Gasteiger partial charge in [0.05, 0.1) is 12.2 Å². The maximum atomic E-state index is 14.1. The SMILES string of the molecule is O=C(NCc1ccccn1)C(=O)[C@@H](Cc1ccccc1)NC(=O)C1(NC(=O)C2C[C@@H]3[C@H](C2)C3(F)F)CC(F)(F)C1. The maximum absolute atomic E-state index is 14.1. The van der Waals surface area contributed by atoms with Crippen LogP contribution in [0.25, 0.3) is 0 Å². The van der Waals surface area contributed by atoms with Gasteiger partial charge in [0.25, 0.3) is 17.8 Å². The normalized spacial score (nSPS) is 25.4. The van der Waals surface area contributed by atoms with Crippen molar-refractivity contribution in [2.24, 2.45) is 17.8 Å². The molecule has 8 nitrogen and oxygen atoms in total. The molecular formula is C28H28F4N4O4. The molecule has 3 N–H and O–H groups in total. The zero-order valence-corrected chi connectivity index (χ0v) is 21.3. The van der Waals surface area contributed by atoms with Crippen molar-refractivity contribution in [3.63, 3.8) is 0 Å². The van der Waals surface area contributed by atoms with Crippen LogP contribution in [0.3, 0.4) is 0 Å². The lowest BCUT2D eigenvalue weighted by molar-refractivity contribution is -0.168. The number of pyridine rings is 1. The van der Waals surface area contributed by atoms with Crippen molar-refractivity contribution in [1.82, 2.24) is 20.9 Å². The molecule has 5 rings (SSSR count). The third-order valence-electron chi connectivity index (χ3n) is 8.02. The molecule has 40 heavy (non-hydrogen) atoms. The van der Waals surface area contributed by atoms with E-state index in [-0.39, 0.29) is 25.8 Å². The van der Waals surface area contributed by atoms with Crippen molar-refractivity contribution in [2.75, 3.05) is 0 Å². The van der Waals surface area contributed by atoms with Gasteiger partial charge in [0, 0.05) is 43.2 Å². The number of nitrogens with one attached hydrogen (secondary N) is 3. The molecule has 212 valence electrons. The second-order valence-corrected chi connectivity index (χ2v) is 10.9. The molecule has 3 aliphatic carbocycles. The number of rotatable bonds is 10. The number of hydrogen-bond acceptors (Lipinski definition) is 5. The van der Waals surface area contributed by atoms with Crippen LogP contribution in [0.15, 0.2) is 54.7 Å². The van der Waals surface area contributed by atoms with Crippen LogP contribution >= 0.6 is 0 Å². The smallest absolute Gasteiger partial charge is 0.289 e. The fourth-order valence-electron chi connectivity index (χ4n) is 5.78. The van der Waals surface area contributed by atoms with Crippen LogP contribution in [0.5, 0.6) is 0 Å². The van der Waals surface area contributed by atoms with Gasteiger partial charge in [0.1, 0.15) is 11.6 Å². The molecule has 1 unspecified atom stereocenters. The minimum absolute atomic E-state index is 0.0495. The molecule has 1 heterocycles. The first-order valence-corrected chi connectivity index (χ1v) is 13.0. The lowest BCUT2D eigenvalue weighted by Crippen LogP contribution is -2.71. The first-order valence-electron chi connectivity index (χ1n) is 13.0. The Bertz CT molecular complexity index is 1290. The fourth-order valence-corrected chi connectivity index (χ4v) is 5.78. The van der Waals surface area contributed by atoms with E-state index in [9.17, 15) is 36.7 Å². The van der Waals surface area contributed by atoms with E-state index in [1.54, 1.807) is 48.5 Å². The lowest BCUT2D eigenvalue weighted by Gasteiger charge is -2.47. The summed E-state index contributed by atoms with van der Waals surface area (Å²) in [7, 11) is 0. The molecule has 3 saturated carbocycles. The Hall–Kier alpha value is -3.83. The molecule has 3 amide bonds. The summed E-state index contributed by atoms with van der Waals surface area (Å²) in [6.07, 6.45) is -0.767. The molecule has 1 aromatic carbocycles. The highest BCUT2D eigenvalue weighted by atomic mass is 19.3. The molecule has 4 atom stereocenters. The lowest BCUT2D eigenvalue weighted by atomic mass is 9.72. The van der Waals surface area contributed by atoms with E-state index >= 15 is 0 Å². The van der Waals surface area contributed by atoms with Crippen LogP contribution in [0.4, 0.5) is 17.6 Å². The standard InChI is InChI=1S/C28H28F4N4O4/c29-27(30)14-26(15-27,36-23(38)17-11-19-20(12-17)28(19,31)32)25(40)35-21(10-16-6-2-1-3-7-16)22(37)24(39)34-13-18-8-4-5-9-33-18/h1-9,17,19-21H,10-15H2,(H,34,39)(H,35,40)(H,36,38)/t17?,19-,20+,21-/m1/s1. The van der Waals surface area contributed by atoms with E-state index in [2.05, 4.69) is 20.9 Å². The predicted octanol–water partition coefficient (Wildman–Crippen LogP) is 2.57. The van der Waals surface area contributed by atoms with Crippen molar-refractivity contribution < 1.29 is 36.7 Å². The fraction of sp³-hybridized carbons (Fsp3) is 0.464. The van der Waals surface area contributed by atoms with Crippen LogP contribution in [-0.2, 0) is 32.1 Å². The number of alkyl halides is 4. The van der Waals surface area contributed by atoms with Crippen LogP contribution in [0.1, 0.15) is 36.9 Å². The van der Waals surface area contributed by atoms with Gasteiger partial charge in [-0.25, -0.2) is 17.6 Å². The van der Waals surface area contributed by atoms with E-state index in [4.69, 9.17) is 0 Å². The Morgan fingerprint density at radius 1 is 0.925 bits per heavy atom. The van der Waals surface area contributed by atoms with E-state index in [0.29, 0.717) is 11.3 Å². The van der Waals surface area contributed by atoms with Gasteiger partial charge in [-0.1, -0.05) is 36.4 Å². The average molecular weight is 561 g/mol. The quantitative estimate of drug-likeness (QED) is 0.305. The number of ketones is 1. The number of carbonyl (C=O) groups is 4. The minimum Gasteiger partial charge on any atom is -0.344 e. The number of Topliss-reactive ketones (excluding diaryl/α,β-unsaturated/α-hetero) is 1. The zero-order chi connectivity index (χ0) is 28.7. The second-order valence-electron chi connectivity index (χ2n) is 10.9. The molecule has 0 bridgehead atoms. The molecular weight excluding hydrogens is 532 g/mol. The number of fused-ring (bicyclic) bond motifs is 1. The Balaban J connectivity index is 1.29. The predicted molar refractivity (Wildman–Crippen MR) is 133 cm³/mol. The Morgan fingerprint density at radius 2 is 1.57 bits per heavy atom. The Kier molecular flexibility index (Phi) is 7.13. The summed E-state index contributed by atoms with van der Waals surface area (Å²) >= 11 is 0. The van der Waals surface area contributed by atoms with Crippen molar-refractivity contribution >= 4 is 23.5 Å². The molecule has 0 saturated heterocycles. The van der Waals surface area contributed by atoms with E-state index in [1.165, 1.54) is 6.20 Å². The summed E-state index contributed by atoms with van der Waals surface area (Å²) in [5, 5.41) is 7.25. The minimum atomic E-state index is -3.24. The van der Waals surface area contributed by atoms with Crippen molar-refractivity contribution in [2.45, 2.75) is 62.1 Å². The number of amides is 3. The number of aromatic nitrogens is 1. The number of halogens is 4.